The van der Waals surface area contributed by atoms with Crippen molar-refractivity contribution in [3.8, 4) is 5.75 Å². The maximum atomic E-state index is 11.8. The van der Waals surface area contributed by atoms with Crippen LogP contribution in [-0.4, -0.2) is 13.3 Å². The molecule has 0 amide bonds. The van der Waals surface area contributed by atoms with Gasteiger partial charge in [-0.15, -0.1) is 0 Å². The molecule has 0 aromatic heterocycles. The van der Waals surface area contributed by atoms with Crippen LogP contribution in [0.1, 0.15) is 25.7 Å². The summed E-state index contributed by atoms with van der Waals surface area (Å²) in [6, 6.07) is 3.40. The van der Waals surface area contributed by atoms with Crippen molar-refractivity contribution in [1.29, 1.82) is 0 Å². The standard InChI is InChI=1S/C12H14BrCl2FO/c13-9-7-11(15)12(8-10(9)14)17-6-4-2-1-3-5-16/h7-8H,1-6H2. The first-order valence-electron chi connectivity index (χ1n) is 5.48. The number of unbranched alkanes of at least 4 members (excludes halogenated alkanes) is 3. The molecule has 1 aromatic carbocycles. The molecule has 0 bridgehead atoms. The van der Waals surface area contributed by atoms with Crippen LogP contribution in [0.3, 0.4) is 0 Å². The van der Waals surface area contributed by atoms with Crippen molar-refractivity contribution >= 4 is 39.1 Å². The van der Waals surface area contributed by atoms with Gasteiger partial charge in [0.2, 0.25) is 0 Å². The Labute approximate surface area is 119 Å². The molecule has 1 rings (SSSR count). The number of benzene rings is 1. The monoisotopic (exact) mass is 342 g/mol. The molecule has 0 atom stereocenters. The highest BCUT2D eigenvalue weighted by Gasteiger charge is 2.06. The quantitative estimate of drug-likeness (QED) is 0.458. The Morgan fingerprint density at radius 3 is 2.47 bits per heavy atom. The van der Waals surface area contributed by atoms with E-state index in [4.69, 9.17) is 27.9 Å². The zero-order valence-corrected chi connectivity index (χ0v) is 12.4. The van der Waals surface area contributed by atoms with Crippen LogP contribution in [0, 0.1) is 0 Å². The Morgan fingerprint density at radius 2 is 1.76 bits per heavy atom. The molecule has 0 radical (unpaired) electrons. The fourth-order valence-electron chi connectivity index (χ4n) is 1.35. The molecular formula is C12H14BrCl2FO. The van der Waals surface area contributed by atoms with E-state index in [0.29, 0.717) is 28.8 Å². The zero-order valence-electron chi connectivity index (χ0n) is 9.32. The lowest BCUT2D eigenvalue weighted by Gasteiger charge is -2.09. The van der Waals surface area contributed by atoms with E-state index in [1.54, 1.807) is 12.1 Å². The fourth-order valence-corrected chi connectivity index (χ4v) is 2.19. The smallest absolute Gasteiger partial charge is 0.139 e. The summed E-state index contributed by atoms with van der Waals surface area (Å²) in [5.74, 6) is 0.588. The second-order valence-electron chi connectivity index (χ2n) is 3.65. The maximum absolute atomic E-state index is 11.8. The molecule has 0 aliphatic rings. The Bertz CT molecular complexity index is 361. The third-order valence-electron chi connectivity index (χ3n) is 2.26. The van der Waals surface area contributed by atoms with Crippen LogP contribution >= 0.6 is 39.1 Å². The summed E-state index contributed by atoms with van der Waals surface area (Å²) < 4.78 is 18.1. The van der Waals surface area contributed by atoms with Crippen LogP contribution in [-0.2, 0) is 0 Å². The topological polar surface area (TPSA) is 9.23 Å². The van der Waals surface area contributed by atoms with Gasteiger partial charge in [-0.25, -0.2) is 0 Å². The minimum absolute atomic E-state index is 0.241. The van der Waals surface area contributed by atoms with E-state index in [2.05, 4.69) is 15.9 Å². The molecule has 0 N–H and O–H groups in total. The molecule has 1 nitrogen and oxygen atoms in total. The van der Waals surface area contributed by atoms with E-state index in [-0.39, 0.29) is 6.67 Å². The normalized spacial score (nSPS) is 10.6. The number of halogens is 4. The molecule has 0 saturated carbocycles. The largest absolute Gasteiger partial charge is 0.492 e. The molecular weight excluding hydrogens is 330 g/mol. The molecule has 0 aliphatic heterocycles. The average Bonchev–Trinajstić information content (AvgIpc) is 2.30. The molecule has 0 heterocycles. The number of rotatable bonds is 7. The van der Waals surface area contributed by atoms with Crippen molar-refractivity contribution in [3.63, 3.8) is 0 Å². The summed E-state index contributed by atoms with van der Waals surface area (Å²) in [5, 5.41) is 1.10. The number of hydrogen-bond acceptors (Lipinski definition) is 1. The van der Waals surface area contributed by atoms with Crippen molar-refractivity contribution in [2.24, 2.45) is 0 Å². The summed E-state index contributed by atoms with van der Waals surface area (Å²) in [7, 11) is 0. The molecule has 96 valence electrons. The van der Waals surface area contributed by atoms with E-state index in [1.165, 1.54) is 0 Å². The van der Waals surface area contributed by atoms with Gasteiger partial charge in [0.05, 0.1) is 23.3 Å². The Morgan fingerprint density at radius 1 is 1.06 bits per heavy atom. The minimum atomic E-state index is -0.241. The summed E-state index contributed by atoms with van der Waals surface area (Å²) in [4.78, 5) is 0. The van der Waals surface area contributed by atoms with E-state index >= 15 is 0 Å². The van der Waals surface area contributed by atoms with Crippen molar-refractivity contribution in [3.05, 3.63) is 26.7 Å². The third-order valence-corrected chi connectivity index (χ3v) is 3.75. The average molecular weight is 344 g/mol. The van der Waals surface area contributed by atoms with E-state index in [1.807, 2.05) is 0 Å². The van der Waals surface area contributed by atoms with Crippen LogP contribution in [0.5, 0.6) is 5.75 Å². The van der Waals surface area contributed by atoms with E-state index < -0.39 is 0 Å². The van der Waals surface area contributed by atoms with Gasteiger partial charge in [0.25, 0.3) is 0 Å². The summed E-state index contributed by atoms with van der Waals surface area (Å²) in [5.41, 5.74) is 0. The lowest BCUT2D eigenvalue weighted by Crippen LogP contribution is -1.98. The van der Waals surface area contributed by atoms with Crippen LogP contribution in [0.15, 0.2) is 16.6 Å². The number of ether oxygens (including phenoxy) is 1. The number of alkyl halides is 1. The van der Waals surface area contributed by atoms with Gasteiger partial charge in [-0.2, -0.15) is 0 Å². The fraction of sp³-hybridized carbons (Fsp3) is 0.500. The van der Waals surface area contributed by atoms with Crippen molar-refractivity contribution < 1.29 is 9.13 Å². The Hall–Kier alpha value is 0.01000. The summed E-state index contributed by atoms with van der Waals surface area (Å²) in [6.07, 6.45) is 3.38. The lowest BCUT2D eigenvalue weighted by atomic mass is 10.2. The molecule has 5 heteroatoms. The van der Waals surface area contributed by atoms with Gasteiger partial charge in [-0.3, -0.25) is 4.39 Å². The van der Waals surface area contributed by atoms with Crippen LogP contribution in [0.2, 0.25) is 10.0 Å². The lowest BCUT2D eigenvalue weighted by molar-refractivity contribution is 0.303. The molecule has 1 aromatic rings. The zero-order chi connectivity index (χ0) is 12.7. The summed E-state index contributed by atoms with van der Waals surface area (Å²) in [6.45, 7) is 0.332. The Balaban J connectivity index is 2.34. The van der Waals surface area contributed by atoms with Gasteiger partial charge < -0.3 is 4.74 Å². The van der Waals surface area contributed by atoms with Gasteiger partial charge in [-0.1, -0.05) is 29.6 Å². The van der Waals surface area contributed by atoms with E-state index in [9.17, 15) is 4.39 Å². The highest BCUT2D eigenvalue weighted by atomic mass is 79.9. The predicted molar refractivity (Wildman–Crippen MR) is 74.1 cm³/mol. The molecule has 0 fully saturated rings. The van der Waals surface area contributed by atoms with Gasteiger partial charge in [0.15, 0.2) is 0 Å². The highest BCUT2D eigenvalue weighted by molar-refractivity contribution is 9.10. The first kappa shape index (κ1) is 15.1. The van der Waals surface area contributed by atoms with Crippen molar-refractivity contribution in [2.75, 3.05) is 13.3 Å². The first-order chi connectivity index (χ1) is 8.15. The Kier molecular flexibility index (Phi) is 7.24. The molecule has 0 aliphatic carbocycles. The maximum Gasteiger partial charge on any atom is 0.139 e. The van der Waals surface area contributed by atoms with Crippen LogP contribution in [0.4, 0.5) is 4.39 Å². The molecule has 0 spiro atoms. The number of hydrogen-bond donors (Lipinski definition) is 0. The second kappa shape index (κ2) is 8.17. The van der Waals surface area contributed by atoms with Gasteiger partial charge in [-0.05, 0) is 41.3 Å². The van der Waals surface area contributed by atoms with Crippen LogP contribution in [0.25, 0.3) is 0 Å². The minimum Gasteiger partial charge on any atom is -0.492 e. The first-order valence-corrected chi connectivity index (χ1v) is 7.03. The SMILES string of the molecule is FCCCCCCOc1cc(Cl)c(Br)cc1Cl. The van der Waals surface area contributed by atoms with Crippen LogP contribution < -0.4 is 4.74 Å². The predicted octanol–water partition coefficient (Wildman–Crippen LogP) is 5.66. The molecule has 0 unspecified atom stereocenters. The van der Waals surface area contributed by atoms with Gasteiger partial charge in [0.1, 0.15) is 5.75 Å². The molecule has 0 saturated heterocycles. The second-order valence-corrected chi connectivity index (χ2v) is 5.32. The van der Waals surface area contributed by atoms with Gasteiger partial charge >= 0.3 is 0 Å². The van der Waals surface area contributed by atoms with Gasteiger partial charge in [0, 0.05) is 10.5 Å². The van der Waals surface area contributed by atoms with E-state index in [0.717, 1.165) is 23.7 Å². The van der Waals surface area contributed by atoms with Crippen molar-refractivity contribution in [1.82, 2.24) is 0 Å². The summed E-state index contributed by atoms with van der Waals surface area (Å²) >= 11 is 15.2. The molecule has 17 heavy (non-hydrogen) atoms. The third kappa shape index (κ3) is 5.45. The highest BCUT2D eigenvalue weighted by Crippen LogP contribution is 2.34. The van der Waals surface area contributed by atoms with Crippen molar-refractivity contribution in [2.45, 2.75) is 25.7 Å².